The van der Waals surface area contributed by atoms with Gasteiger partial charge in [-0.2, -0.15) is 0 Å². The zero-order valence-electron chi connectivity index (χ0n) is 10.1. The first-order valence-corrected chi connectivity index (χ1v) is 5.89. The summed E-state index contributed by atoms with van der Waals surface area (Å²) in [6, 6.07) is 14.5. The number of hydrogen-bond donors (Lipinski definition) is 0. The molecule has 0 saturated carbocycles. The number of benzene rings is 1. The van der Waals surface area contributed by atoms with Crippen LogP contribution in [0.1, 0.15) is 22.7 Å². The molecule has 1 aromatic carbocycles. The van der Waals surface area contributed by atoms with Crippen molar-refractivity contribution in [2.45, 2.75) is 19.3 Å². The second-order valence-electron chi connectivity index (χ2n) is 4.22. The van der Waals surface area contributed by atoms with Gasteiger partial charge in [-0.15, -0.1) is 6.58 Å². The van der Waals surface area contributed by atoms with Gasteiger partial charge in [0, 0.05) is 24.2 Å². The van der Waals surface area contributed by atoms with Crippen LogP contribution in [0.4, 0.5) is 0 Å². The molecule has 0 unspecified atom stereocenters. The quantitative estimate of drug-likeness (QED) is 0.716. The van der Waals surface area contributed by atoms with Crippen molar-refractivity contribution in [3.05, 3.63) is 78.1 Å². The van der Waals surface area contributed by atoms with E-state index in [-0.39, 0.29) is 0 Å². The average molecular weight is 223 g/mol. The van der Waals surface area contributed by atoms with Crippen molar-refractivity contribution in [1.29, 1.82) is 0 Å². The first kappa shape index (κ1) is 11.6. The van der Waals surface area contributed by atoms with Gasteiger partial charge in [-0.3, -0.25) is 4.98 Å². The second kappa shape index (κ2) is 5.44. The molecule has 0 aliphatic heterocycles. The average Bonchev–Trinajstić information content (AvgIpc) is 2.39. The van der Waals surface area contributed by atoms with Crippen LogP contribution >= 0.6 is 0 Å². The van der Waals surface area contributed by atoms with Gasteiger partial charge in [0.2, 0.25) is 0 Å². The fourth-order valence-corrected chi connectivity index (χ4v) is 1.98. The lowest BCUT2D eigenvalue weighted by atomic mass is 9.93. The lowest BCUT2D eigenvalue weighted by molar-refractivity contribution is 0.804. The Kier molecular flexibility index (Phi) is 3.71. The smallest absolute Gasteiger partial charge is 0.0441 e. The molecule has 0 bridgehead atoms. The Morgan fingerprint density at radius 2 is 1.94 bits per heavy atom. The largest absolute Gasteiger partial charge is 0.261 e. The summed E-state index contributed by atoms with van der Waals surface area (Å²) in [5.74, 6) is 0.338. The molecular weight excluding hydrogens is 206 g/mol. The van der Waals surface area contributed by atoms with Crippen molar-refractivity contribution in [1.82, 2.24) is 4.98 Å². The molecule has 17 heavy (non-hydrogen) atoms. The molecule has 86 valence electrons. The molecule has 2 aromatic rings. The maximum Gasteiger partial charge on any atom is 0.0441 e. The van der Waals surface area contributed by atoms with Gasteiger partial charge in [0.15, 0.2) is 0 Å². The van der Waals surface area contributed by atoms with Crippen molar-refractivity contribution in [2.24, 2.45) is 0 Å². The zero-order chi connectivity index (χ0) is 12.1. The van der Waals surface area contributed by atoms with Crippen LogP contribution in [0.15, 0.2) is 61.3 Å². The van der Waals surface area contributed by atoms with E-state index >= 15 is 0 Å². The third-order valence-corrected chi connectivity index (χ3v) is 3.04. The molecular formula is C16H17N. The number of pyridine rings is 1. The fraction of sp³-hybridized carbons (Fsp3) is 0.188. The number of allylic oxidation sites excluding steroid dienone is 1. The number of aryl methyl sites for hydroxylation is 1. The fourth-order valence-electron chi connectivity index (χ4n) is 1.98. The van der Waals surface area contributed by atoms with E-state index < -0.39 is 0 Å². The van der Waals surface area contributed by atoms with Gasteiger partial charge in [-0.1, -0.05) is 42.5 Å². The lowest BCUT2D eigenvalue weighted by Crippen LogP contribution is -2.03. The Hall–Kier alpha value is -1.89. The van der Waals surface area contributed by atoms with Gasteiger partial charge in [-0.25, -0.2) is 0 Å². The Morgan fingerprint density at radius 3 is 2.59 bits per heavy atom. The van der Waals surface area contributed by atoms with Crippen LogP contribution < -0.4 is 0 Å². The molecule has 0 amide bonds. The summed E-state index contributed by atoms with van der Waals surface area (Å²) in [6.45, 7) is 6.04. The normalized spacial score (nSPS) is 12.1. The Labute approximate surface area is 103 Å². The predicted octanol–water partition coefficient (Wildman–Crippen LogP) is 3.90. The van der Waals surface area contributed by atoms with Crippen LogP contribution in [0.25, 0.3) is 0 Å². The minimum absolute atomic E-state index is 0.338. The van der Waals surface area contributed by atoms with E-state index in [1.807, 2.05) is 24.4 Å². The third kappa shape index (κ3) is 2.82. The summed E-state index contributed by atoms with van der Waals surface area (Å²) in [6.07, 6.45) is 4.77. The molecule has 0 fully saturated rings. The van der Waals surface area contributed by atoms with Crippen molar-refractivity contribution in [2.75, 3.05) is 0 Å². The maximum absolute atomic E-state index is 4.44. The molecule has 1 nitrogen and oxygen atoms in total. The highest BCUT2D eigenvalue weighted by atomic mass is 14.7. The van der Waals surface area contributed by atoms with Gasteiger partial charge < -0.3 is 0 Å². The number of rotatable bonds is 4. The second-order valence-corrected chi connectivity index (χ2v) is 4.22. The molecule has 0 N–H and O–H groups in total. The van der Waals surface area contributed by atoms with E-state index in [4.69, 9.17) is 0 Å². The predicted molar refractivity (Wildman–Crippen MR) is 72.1 cm³/mol. The molecule has 0 aliphatic rings. The first-order chi connectivity index (χ1) is 8.31. The van der Waals surface area contributed by atoms with Gasteiger partial charge >= 0.3 is 0 Å². The SMILES string of the molecule is C=C[C@H](Cc1ncccc1C)c1ccccc1. The van der Waals surface area contributed by atoms with Crippen molar-refractivity contribution in [3.8, 4) is 0 Å². The van der Waals surface area contributed by atoms with Gasteiger partial charge in [0.25, 0.3) is 0 Å². The first-order valence-electron chi connectivity index (χ1n) is 5.89. The molecule has 1 atom stereocenters. The van der Waals surface area contributed by atoms with E-state index in [1.165, 1.54) is 11.1 Å². The summed E-state index contributed by atoms with van der Waals surface area (Å²) in [7, 11) is 0. The summed E-state index contributed by atoms with van der Waals surface area (Å²) < 4.78 is 0. The highest BCUT2D eigenvalue weighted by molar-refractivity contribution is 5.27. The number of aromatic nitrogens is 1. The molecule has 0 spiro atoms. The highest BCUT2D eigenvalue weighted by Crippen LogP contribution is 2.22. The molecule has 2 rings (SSSR count). The van der Waals surface area contributed by atoms with Gasteiger partial charge in [0.05, 0.1) is 0 Å². The van der Waals surface area contributed by atoms with Crippen LogP contribution in [0, 0.1) is 6.92 Å². The Balaban J connectivity index is 2.22. The molecule has 1 heteroatoms. The van der Waals surface area contributed by atoms with Crippen LogP contribution in [0.2, 0.25) is 0 Å². The van der Waals surface area contributed by atoms with E-state index in [0.717, 1.165) is 12.1 Å². The van der Waals surface area contributed by atoms with Gasteiger partial charge in [-0.05, 0) is 24.1 Å². The van der Waals surface area contributed by atoms with Crippen molar-refractivity contribution in [3.63, 3.8) is 0 Å². The number of hydrogen-bond acceptors (Lipinski definition) is 1. The van der Waals surface area contributed by atoms with Crippen LogP contribution in [0.3, 0.4) is 0 Å². The van der Waals surface area contributed by atoms with E-state index in [9.17, 15) is 0 Å². The zero-order valence-corrected chi connectivity index (χ0v) is 10.1. The monoisotopic (exact) mass is 223 g/mol. The minimum Gasteiger partial charge on any atom is -0.261 e. The van der Waals surface area contributed by atoms with Gasteiger partial charge in [0.1, 0.15) is 0 Å². The van der Waals surface area contributed by atoms with E-state index in [0.29, 0.717) is 5.92 Å². The van der Waals surface area contributed by atoms with Crippen molar-refractivity contribution >= 4 is 0 Å². The third-order valence-electron chi connectivity index (χ3n) is 3.04. The Bertz CT molecular complexity index is 488. The van der Waals surface area contributed by atoms with E-state index in [1.54, 1.807) is 0 Å². The lowest BCUT2D eigenvalue weighted by Gasteiger charge is -2.13. The van der Waals surface area contributed by atoms with Crippen LogP contribution in [0.5, 0.6) is 0 Å². The molecule has 0 aliphatic carbocycles. The summed E-state index contributed by atoms with van der Waals surface area (Å²) in [4.78, 5) is 4.44. The highest BCUT2D eigenvalue weighted by Gasteiger charge is 2.10. The maximum atomic E-state index is 4.44. The standard InChI is InChI=1S/C16H17N/c1-3-14(15-9-5-4-6-10-15)12-16-13(2)8-7-11-17-16/h3-11,14H,1,12H2,2H3/t14-/m1/s1. The Morgan fingerprint density at radius 1 is 1.18 bits per heavy atom. The van der Waals surface area contributed by atoms with Crippen LogP contribution in [-0.4, -0.2) is 4.98 Å². The molecule has 0 radical (unpaired) electrons. The summed E-state index contributed by atoms with van der Waals surface area (Å²) in [5, 5.41) is 0. The molecule has 1 heterocycles. The van der Waals surface area contributed by atoms with E-state index in [2.05, 4.69) is 48.8 Å². The molecule has 1 aromatic heterocycles. The van der Waals surface area contributed by atoms with Crippen molar-refractivity contribution < 1.29 is 0 Å². The van der Waals surface area contributed by atoms with Crippen LogP contribution in [-0.2, 0) is 6.42 Å². The topological polar surface area (TPSA) is 12.9 Å². The number of nitrogens with zero attached hydrogens (tertiary/aromatic N) is 1. The minimum atomic E-state index is 0.338. The molecule has 0 saturated heterocycles. The summed E-state index contributed by atoms with van der Waals surface area (Å²) in [5.41, 5.74) is 3.70. The summed E-state index contributed by atoms with van der Waals surface area (Å²) >= 11 is 0.